The van der Waals surface area contributed by atoms with Crippen molar-refractivity contribution in [2.75, 3.05) is 5.32 Å². The highest BCUT2D eigenvalue weighted by atomic mass is 35.5. The first-order valence-electron chi connectivity index (χ1n) is 8.49. The van der Waals surface area contributed by atoms with Crippen molar-refractivity contribution < 1.29 is 14.3 Å². The van der Waals surface area contributed by atoms with Crippen LogP contribution in [0.4, 0.5) is 5.69 Å². The first-order chi connectivity index (χ1) is 13.9. The molecule has 0 aliphatic heterocycles. The Balaban J connectivity index is 1.53. The van der Waals surface area contributed by atoms with E-state index >= 15 is 0 Å². The van der Waals surface area contributed by atoms with E-state index in [-0.39, 0.29) is 6.54 Å². The van der Waals surface area contributed by atoms with Gasteiger partial charge in [0, 0.05) is 16.3 Å². The van der Waals surface area contributed by atoms with Gasteiger partial charge in [-0.2, -0.15) is 10.1 Å². The molecule has 1 amide bonds. The van der Waals surface area contributed by atoms with E-state index in [1.54, 1.807) is 48.5 Å². The molecule has 146 valence electrons. The fraction of sp³-hybridized carbons (Fsp3) is 0.158. The lowest BCUT2D eigenvalue weighted by molar-refractivity contribution is -0.154. The van der Waals surface area contributed by atoms with Crippen LogP contribution in [0.3, 0.4) is 0 Å². The van der Waals surface area contributed by atoms with E-state index in [4.69, 9.17) is 21.6 Å². The number of nitrogens with one attached hydrogen (secondary N) is 1. The van der Waals surface area contributed by atoms with Gasteiger partial charge < -0.3 is 10.1 Å². The van der Waals surface area contributed by atoms with Crippen LogP contribution in [-0.4, -0.2) is 38.2 Å². The Kier molecular flexibility index (Phi) is 6.16. The van der Waals surface area contributed by atoms with Gasteiger partial charge in [0.25, 0.3) is 5.91 Å². The smallest absolute Gasteiger partial charge is 0.330 e. The zero-order valence-electron chi connectivity index (χ0n) is 15.2. The highest BCUT2D eigenvalue weighted by Gasteiger charge is 2.19. The van der Waals surface area contributed by atoms with Crippen LogP contribution < -0.4 is 5.32 Å². The number of hydrogen-bond acceptors (Lipinski definition) is 7. The average molecular weight is 411 g/mol. The summed E-state index contributed by atoms with van der Waals surface area (Å²) in [4.78, 5) is 25.3. The average Bonchev–Trinajstić information content (AvgIpc) is 3.17. The molecule has 1 N–H and O–H groups in total. The third-order valence-electron chi connectivity index (χ3n) is 3.78. The van der Waals surface area contributed by atoms with Gasteiger partial charge in [0.05, 0.1) is 11.6 Å². The predicted molar refractivity (Wildman–Crippen MR) is 104 cm³/mol. The minimum Gasteiger partial charge on any atom is -0.451 e. The maximum absolute atomic E-state index is 12.2. The predicted octanol–water partition coefficient (Wildman–Crippen LogP) is 2.44. The van der Waals surface area contributed by atoms with Crippen LogP contribution >= 0.6 is 11.6 Å². The summed E-state index contributed by atoms with van der Waals surface area (Å²) in [6.45, 7) is 1.15. The van der Waals surface area contributed by atoms with E-state index in [0.29, 0.717) is 27.7 Å². The molecule has 9 nitrogen and oxygen atoms in total. The Labute approximate surface area is 170 Å². The number of aromatic nitrogens is 4. The van der Waals surface area contributed by atoms with Crippen molar-refractivity contribution in [3.8, 4) is 17.5 Å². The summed E-state index contributed by atoms with van der Waals surface area (Å²) in [5.74, 6) is -0.856. The number of carbonyl (C=O) groups is 2. The van der Waals surface area contributed by atoms with Crippen LogP contribution in [0.1, 0.15) is 12.5 Å². The number of nitrogens with zero attached hydrogens (tertiary/aromatic N) is 5. The van der Waals surface area contributed by atoms with Crippen molar-refractivity contribution in [1.29, 1.82) is 5.26 Å². The van der Waals surface area contributed by atoms with Crippen LogP contribution in [0, 0.1) is 11.3 Å². The molecule has 10 heteroatoms. The molecule has 0 saturated carbocycles. The number of esters is 1. The largest absolute Gasteiger partial charge is 0.451 e. The number of benzene rings is 2. The van der Waals surface area contributed by atoms with Gasteiger partial charge in [0.2, 0.25) is 5.82 Å². The zero-order chi connectivity index (χ0) is 20.8. The lowest BCUT2D eigenvalue weighted by Gasteiger charge is -2.13. The fourth-order valence-electron chi connectivity index (χ4n) is 2.30. The van der Waals surface area contributed by atoms with E-state index in [9.17, 15) is 9.59 Å². The van der Waals surface area contributed by atoms with Gasteiger partial charge in [-0.1, -0.05) is 11.6 Å². The number of carbonyl (C=O) groups excluding carboxylic acids is 2. The maximum Gasteiger partial charge on any atom is 0.330 e. The normalized spacial score (nSPS) is 11.3. The first-order valence-corrected chi connectivity index (χ1v) is 8.86. The number of rotatable bonds is 6. The molecular formula is C19H15ClN6O3. The number of hydrogen-bond donors (Lipinski definition) is 1. The molecule has 0 aliphatic rings. The van der Waals surface area contributed by atoms with Crippen LogP contribution in [0.2, 0.25) is 5.02 Å². The second-order valence-electron chi connectivity index (χ2n) is 5.96. The third-order valence-corrected chi connectivity index (χ3v) is 4.04. The molecule has 0 spiro atoms. The summed E-state index contributed by atoms with van der Waals surface area (Å²) >= 11 is 5.84. The second kappa shape index (κ2) is 8.95. The number of anilines is 1. The van der Waals surface area contributed by atoms with Crippen LogP contribution in [-0.2, 0) is 20.9 Å². The monoisotopic (exact) mass is 410 g/mol. The van der Waals surface area contributed by atoms with E-state index in [1.165, 1.54) is 6.92 Å². The summed E-state index contributed by atoms with van der Waals surface area (Å²) in [5, 5.41) is 23.8. The van der Waals surface area contributed by atoms with Gasteiger partial charge in [-0.05, 0) is 60.7 Å². The Morgan fingerprint density at radius 2 is 1.90 bits per heavy atom. The zero-order valence-corrected chi connectivity index (χ0v) is 16.0. The molecule has 3 rings (SSSR count). The molecule has 0 aliphatic carbocycles. The molecule has 0 radical (unpaired) electrons. The summed E-state index contributed by atoms with van der Waals surface area (Å²) in [5.41, 5.74) is 1.66. The van der Waals surface area contributed by atoms with Crippen molar-refractivity contribution in [2.45, 2.75) is 19.6 Å². The summed E-state index contributed by atoms with van der Waals surface area (Å²) in [6.07, 6.45) is -1.03. The van der Waals surface area contributed by atoms with Gasteiger partial charge in [0.1, 0.15) is 0 Å². The second-order valence-corrected chi connectivity index (χ2v) is 6.40. The molecule has 2 aromatic carbocycles. The third kappa shape index (κ3) is 5.37. The lowest BCUT2D eigenvalue weighted by atomic mass is 10.2. The van der Waals surface area contributed by atoms with Crippen molar-refractivity contribution >= 4 is 29.2 Å². The van der Waals surface area contributed by atoms with Crippen molar-refractivity contribution in [3.63, 3.8) is 0 Å². The Morgan fingerprint density at radius 3 is 2.55 bits per heavy atom. The molecule has 1 aromatic heterocycles. The number of amides is 1. The maximum atomic E-state index is 12.2. The van der Waals surface area contributed by atoms with Gasteiger partial charge in [0.15, 0.2) is 12.6 Å². The van der Waals surface area contributed by atoms with Crippen molar-refractivity contribution in [3.05, 3.63) is 59.1 Å². The summed E-state index contributed by atoms with van der Waals surface area (Å²) in [6, 6.07) is 15.2. The van der Waals surface area contributed by atoms with Crippen molar-refractivity contribution in [1.82, 2.24) is 20.2 Å². The topological polar surface area (TPSA) is 123 Å². The van der Waals surface area contributed by atoms with Gasteiger partial charge in [-0.25, -0.2) is 4.79 Å². The molecular weight excluding hydrogens is 396 g/mol. The quantitative estimate of drug-likeness (QED) is 0.619. The molecule has 0 unspecified atom stereocenters. The molecule has 29 heavy (non-hydrogen) atoms. The highest BCUT2D eigenvalue weighted by molar-refractivity contribution is 6.30. The van der Waals surface area contributed by atoms with Crippen LogP contribution in [0.15, 0.2) is 48.5 Å². The first kappa shape index (κ1) is 20.0. The Bertz CT molecular complexity index is 1060. The van der Waals surface area contributed by atoms with Gasteiger partial charge in [-0.15, -0.1) is 10.2 Å². The van der Waals surface area contributed by atoms with Crippen LogP contribution in [0.5, 0.6) is 0 Å². The van der Waals surface area contributed by atoms with E-state index < -0.39 is 18.0 Å². The molecule has 3 aromatic rings. The highest BCUT2D eigenvalue weighted by Crippen LogP contribution is 2.17. The van der Waals surface area contributed by atoms with Crippen molar-refractivity contribution in [2.24, 2.45) is 0 Å². The lowest BCUT2D eigenvalue weighted by Crippen LogP contribution is -2.31. The van der Waals surface area contributed by atoms with E-state index in [1.807, 2.05) is 6.07 Å². The number of tetrazole rings is 1. The SMILES string of the molecule is C[C@H](OC(=O)Cn1nnc(-c2ccc(Cl)cc2)n1)C(=O)Nc1ccc(C#N)cc1. The summed E-state index contributed by atoms with van der Waals surface area (Å²) < 4.78 is 5.11. The van der Waals surface area contributed by atoms with Gasteiger partial charge in [-0.3, -0.25) is 4.79 Å². The van der Waals surface area contributed by atoms with Gasteiger partial charge >= 0.3 is 5.97 Å². The molecule has 0 saturated heterocycles. The molecule has 0 fully saturated rings. The number of ether oxygens (including phenoxy) is 1. The molecule has 0 bridgehead atoms. The minimum absolute atomic E-state index is 0.297. The molecule has 1 heterocycles. The van der Waals surface area contributed by atoms with Crippen LogP contribution in [0.25, 0.3) is 11.4 Å². The van der Waals surface area contributed by atoms with E-state index in [2.05, 4.69) is 20.7 Å². The Morgan fingerprint density at radius 1 is 1.21 bits per heavy atom. The Hall–Kier alpha value is -3.77. The van der Waals surface area contributed by atoms with E-state index in [0.717, 1.165) is 4.80 Å². The standard InChI is InChI=1S/C19H15ClN6O3/c1-12(19(28)22-16-8-2-13(10-21)3-9-16)29-17(27)11-26-24-18(23-25-26)14-4-6-15(20)7-5-14/h2-9,12H,11H2,1H3,(H,22,28)/t12-/m0/s1. The number of halogens is 1. The fourth-order valence-corrected chi connectivity index (χ4v) is 2.43. The number of nitriles is 1. The summed E-state index contributed by atoms with van der Waals surface area (Å²) in [7, 11) is 0. The minimum atomic E-state index is -1.03. The molecule has 1 atom stereocenters.